The molecular weight excluding hydrogens is 202 g/mol. The summed E-state index contributed by atoms with van der Waals surface area (Å²) < 4.78 is 0.898. The molecule has 78 valence electrons. The highest BCUT2D eigenvalue weighted by Crippen LogP contribution is 2.05. The molecule has 0 bridgehead atoms. The Morgan fingerprint density at radius 3 is 3.07 bits per heavy atom. The molecule has 2 heterocycles. The number of hydrogen-bond donors (Lipinski definition) is 2. The monoisotopic (exact) mass is 209 g/mol. The van der Waals surface area contributed by atoms with E-state index >= 15 is 0 Å². The number of nitrogens with zero attached hydrogens (tertiary/aromatic N) is 3. The maximum Gasteiger partial charge on any atom is 0.330 e. The minimum atomic E-state index is -0.587. The van der Waals surface area contributed by atoms with E-state index in [-0.39, 0.29) is 17.1 Å². The standard InChI is InChI=1S/C7H7N5O3/c1-3(13)15-12-5-4(9-2-10-5)6(14)11-7(12)8/h2H,1H3,(H,9,10)(H2,8,11,14). The number of carbonyl (C=O) groups is 1. The molecule has 0 aliphatic carbocycles. The van der Waals surface area contributed by atoms with E-state index in [9.17, 15) is 9.59 Å². The van der Waals surface area contributed by atoms with Crippen LogP contribution < -0.4 is 16.1 Å². The number of nitrogens with one attached hydrogen (secondary N) is 1. The van der Waals surface area contributed by atoms with E-state index in [1.165, 1.54) is 13.3 Å². The summed E-state index contributed by atoms with van der Waals surface area (Å²) in [7, 11) is 0. The second-order valence-electron chi connectivity index (χ2n) is 2.75. The number of aromatic nitrogens is 4. The zero-order valence-corrected chi connectivity index (χ0v) is 7.72. The summed E-state index contributed by atoms with van der Waals surface area (Å²) in [5, 5.41) is 0. The number of anilines is 1. The van der Waals surface area contributed by atoms with Gasteiger partial charge in [0.15, 0.2) is 5.52 Å². The maximum absolute atomic E-state index is 11.3. The highest BCUT2D eigenvalue weighted by Gasteiger charge is 2.12. The highest BCUT2D eigenvalue weighted by molar-refractivity contribution is 5.72. The number of nitrogen functional groups attached to an aromatic ring is 1. The third-order valence-electron chi connectivity index (χ3n) is 1.67. The quantitative estimate of drug-likeness (QED) is 0.601. The van der Waals surface area contributed by atoms with Crippen molar-refractivity contribution in [2.75, 3.05) is 5.73 Å². The van der Waals surface area contributed by atoms with Crippen LogP contribution in [0.3, 0.4) is 0 Å². The largest absolute Gasteiger partial charge is 0.367 e. The summed E-state index contributed by atoms with van der Waals surface area (Å²) in [5.74, 6) is -0.814. The van der Waals surface area contributed by atoms with E-state index in [2.05, 4.69) is 15.0 Å². The van der Waals surface area contributed by atoms with Gasteiger partial charge in [0, 0.05) is 6.92 Å². The van der Waals surface area contributed by atoms with Gasteiger partial charge >= 0.3 is 11.5 Å². The van der Waals surface area contributed by atoms with Crippen molar-refractivity contribution >= 4 is 23.1 Å². The summed E-state index contributed by atoms with van der Waals surface area (Å²) in [4.78, 5) is 36.6. The summed E-state index contributed by atoms with van der Waals surface area (Å²) in [6.07, 6.45) is 1.28. The van der Waals surface area contributed by atoms with Crippen LogP contribution in [0, 0.1) is 0 Å². The van der Waals surface area contributed by atoms with Gasteiger partial charge in [-0.2, -0.15) is 4.98 Å². The number of rotatable bonds is 1. The van der Waals surface area contributed by atoms with Crippen molar-refractivity contribution in [3.63, 3.8) is 0 Å². The van der Waals surface area contributed by atoms with Crippen LogP contribution in [-0.2, 0) is 4.79 Å². The molecule has 15 heavy (non-hydrogen) atoms. The average molecular weight is 209 g/mol. The molecule has 8 nitrogen and oxygen atoms in total. The first-order valence-corrected chi connectivity index (χ1v) is 4.00. The van der Waals surface area contributed by atoms with Gasteiger partial charge in [-0.3, -0.25) is 4.79 Å². The van der Waals surface area contributed by atoms with Crippen molar-refractivity contribution in [1.29, 1.82) is 0 Å². The molecule has 0 aliphatic rings. The molecule has 0 atom stereocenters. The molecule has 0 saturated carbocycles. The molecule has 0 fully saturated rings. The Kier molecular flexibility index (Phi) is 1.89. The van der Waals surface area contributed by atoms with Crippen molar-refractivity contribution in [2.45, 2.75) is 6.92 Å². The minimum Gasteiger partial charge on any atom is -0.367 e. The number of aromatic amines is 1. The third kappa shape index (κ3) is 1.41. The van der Waals surface area contributed by atoms with E-state index < -0.39 is 11.5 Å². The zero-order valence-electron chi connectivity index (χ0n) is 7.72. The Labute approximate surface area is 82.7 Å². The van der Waals surface area contributed by atoms with Gasteiger partial charge in [0.25, 0.3) is 0 Å². The van der Waals surface area contributed by atoms with Crippen LogP contribution in [0.2, 0.25) is 0 Å². The van der Waals surface area contributed by atoms with Crippen LogP contribution >= 0.6 is 0 Å². The van der Waals surface area contributed by atoms with Crippen molar-refractivity contribution in [3.8, 4) is 0 Å². The number of imidazole rings is 1. The first-order chi connectivity index (χ1) is 7.09. The van der Waals surface area contributed by atoms with Gasteiger partial charge in [-0.15, -0.1) is 4.73 Å². The summed E-state index contributed by atoms with van der Waals surface area (Å²) in [6.45, 7) is 1.20. The van der Waals surface area contributed by atoms with Crippen molar-refractivity contribution in [1.82, 2.24) is 19.7 Å². The molecule has 3 N–H and O–H groups in total. The van der Waals surface area contributed by atoms with E-state index in [0.717, 1.165) is 4.73 Å². The van der Waals surface area contributed by atoms with Crippen molar-refractivity contribution in [3.05, 3.63) is 16.7 Å². The number of H-pyrrole nitrogens is 1. The maximum atomic E-state index is 11.3. The number of fused-ring (bicyclic) bond motifs is 1. The molecule has 2 rings (SSSR count). The van der Waals surface area contributed by atoms with Gasteiger partial charge in [0.2, 0.25) is 11.6 Å². The van der Waals surface area contributed by atoms with Gasteiger partial charge in [-0.1, -0.05) is 0 Å². The van der Waals surface area contributed by atoms with E-state index in [1.54, 1.807) is 0 Å². The summed E-state index contributed by atoms with van der Waals surface area (Å²) >= 11 is 0. The minimum absolute atomic E-state index is 0.128. The Bertz CT molecular complexity index is 584. The predicted molar refractivity (Wildman–Crippen MR) is 49.8 cm³/mol. The Morgan fingerprint density at radius 1 is 1.67 bits per heavy atom. The molecule has 0 aromatic carbocycles. The topological polar surface area (TPSA) is 116 Å². The van der Waals surface area contributed by atoms with Crippen LogP contribution in [0.15, 0.2) is 11.1 Å². The lowest BCUT2D eigenvalue weighted by molar-refractivity contribution is -0.140. The normalized spacial score (nSPS) is 10.5. The Balaban J connectivity index is 2.76. The van der Waals surface area contributed by atoms with Crippen LogP contribution in [-0.4, -0.2) is 25.7 Å². The number of hydrogen-bond acceptors (Lipinski definition) is 6. The molecule has 2 aromatic rings. The lowest BCUT2D eigenvalue weighted by Crippen LogP contribution is -2.25. The third-order valence-corrected chi connectivity index (χ3v) is 1.67. The van der Waals surface area contributed by atoms with Crippen LogP contribution in [0.25, 0.3) is 11.2 Å². The van der Waals surface area contributed by atoms with Crippen LogP contribution in [0.4, 0.5) is 5.95 Å². The van der Waals surface area contributed by atoms with E-state index in [0.29, 0.717) is 0 Å². The van der Waals surface area contributed by atoms with Crippen LogP contribution in [0.1, 0.15) is 6.92 Å². The van der Waals surface area contributed by atoms with Crippen LogP contribution in [0.5, 0.6) is 0 Å². The lowest BCUT2D eigenvalue weighted by Gasteiger charge is -2.06. The SMILES string of the molecule is CC(=O)On1c(N)nc(=O)c2[nH]cnc21. The molecular formula is C7H7N5O3. The number of carbonyl (C=O) groups excluding carboxylic acids is 1. The molecule has 0 spiro atoms. The summed E-state index contributed by atoms with van der Waals surface area (Å²) in [5.41, 5.74) is 5.12. The van der Waals surface area contributed by atoms with Gasteiger partial charge in [0.05, 0.1) is 6.33 Å². The fourth-order valence-corrected chi connectivity index (χ4v) is 1.13. The molecule has 2 aromatic heterocycles. The first-order valence-electron chi connectivity index (χ1n) is 4.00. The number of nitrogens with two attached hydrogens (primary N) is 1. The van der Waals surface area contributed by atoms with Gasteiger partial charge in [-0.25, -0.2) is 9.78 Å². The van der Waals surface area contributed by atoms with Gasteiger partial charge in [-0.05, 0) is 0 Å². The smallest absolute Gasteiger partial charge is 0.330 e. The highest BCUT2D eigenvalue weighted by atomic mass is 16.7. The predicted octanol–water partition coefficient (Wildman–Crippen LogP) is -1.32. The second kappa shape index (κ2) is 3.08. The molecule has 0 radical (unpaired) electrons. The van der Waals surface area contributed by atoms with E-state index in [4.69, 9.17) is 10.6 Å². The fourth-order valence-electron chi connectivity index (χ4n) is 1.13. The Morgan fingerprint density at radius 2 is 2.40 bits per heavy atom. The Hall–Kier alpha value is -2.38. The molecule has 0 unspecified atom stereocenters. The molecule has 0 amide bonds. The van der Waals surface area contributed by atoms with Crippen molar-refractivity contribution < 1.29 is 9.63 Å². The first kappa shape index (κ1) is 9.19. The summed E-state index contributed by atoms with van der Waals surface area (Å²) in [6, 6.07) is 0. The molecule has 8 heteroatoms. The van der Waals surface area contributed by atoms with Gasteiger partial charge < -0.3 is 15.6 Å². The van der Waals surface area contributed by atoms with Gasteiger partial charge in [0.1, 0.15) is 0 Å². The fraction of sp³-hybridized carbons (Fsp3) is 0.143. The zero-order chi connectivity index (χ0) is 11.0. The lowest BCUT2D eigenvalue weighted by atomic mass is 10.5. The second-order valence-corrected chi connectivity index (χ2v) is 2.75. The molecule has 0 saturated heterocycles. The van der Waals surface area contributed by atoms with Crippen molar-refractivity contribution in [2.24, 2.45) is 0 Å². The molecule has 0 aliphatic heterocycles. The van der Waals surface area contributed by atoms with E-state index in [1.807, 2.05) is 0 Å². The average Bonchev–Trinajstić information content (AvgIpc) is 2.60.